The van der Waals surface area contributed by atoms with E-state index in [1.54, 1.807) is 7.05 Å². The second-order valence-corrected chi connectivity index (χ2v) is 3.98. The molecule has 0 aliphatic carbocycles. The van der Waals surface area contributed by atoms with Crippen molar-refractivity contribution in [2.24, 2.45) is 0 Å². The Morgan fingerprint density at radius 1 is 1.58 bits per heavy atom. The van der Waals surface area contributed by atoms with Gasteiger partial charge in [0.25, 0.3) is 0 Å². The van der Waals surface area contributed by atoms with E-state index < -0.39 is 16.9 Å². The minimum Gasteiger partial charge on any atom is -0.484 e. The quantitative estimate of drug-likeness (QED) is 0.483. The smallest absolute Gasteiger partial charge is 0.326 e. The van der Waals surface area contributed by atoms with Crippen LogP contribution in [-0.2, 0) is 9.53 Å². The summed E-state index contributed by atoms with van der Waals surface area (Å²) in [5.74, 6) is -0.520. The molecule has 0 heterocycles. The monoisotopic (exact) mass is 288 g/mol. The Balaban J connectivity index is 2.84. The van der Waals surface area contributed by atoms with Crippen molar-refractivity contribution in [3.05, 3.63) is 33.3 Å². The molecule has 1 rings (SSSR count). The number of carbonyl (C=O) groups is 1. The number of ether oxygens (including phenoxy) is 2. The molecule has 0 amide bonds. The molecule has 0 aliphatic rings. The van der Waals surface area contributed by atoms with Gasteiger partial charge in [0.1, 0.15) is 12.6 Å². The molecule has 0 spiro atoms. The number of halogens is 1. The van der Waals surface area contributed by atoms with E-state index >= 15 is 0 Å². The summed E-state index contributed by atoms with van der Waals surface area (Å²) in [6, 6.07) is 3.24. The Morgan fingerprint density at radius 3 is 2.79 bits per heavy atom. The number of nitro groups is 1. The summed E-state index contributed by atoms with van der Waals surface area (Å²) < 4.78 is 9.82. The number of hydrogen-bond donors (Lipinski definition) is 1. The molecule has 1 N–H and O–H groups in total. The molecule has 0 radical (unpaired) electrons. The number of carbonyl (C=O) groups excluding carboxylic acids is 1. The molecule has 1 aromatic carbocycles. The minimum atomic E-state index is -0.719. The molecule has 0 aromatic heterocycles. The number of methoxy groups -OCH3 is 1. The fourth-order valence-electron chi connectivity index (χ4n) is 1.34. The summed E-state index contributed by atoms with van der Waals surface area (Å²) in [7, 11) is 2.80. The first-order valence-electron chi connectivity index (χ1n) is 5.31. The Kier molecular flexibility index (Phi) is 5.53. The summed E-state index contributed by atoms with van der Waals surface area (Å²) in [5, 5.41) is 13.8. The lowest BCUT2D eigenvalue weighted by Gasteiger charge is -2.14. The Hall–Kier alpha value is -1.86. The molecule has 0 bridgehead atoms. The van der Waals surface area contributed by atoms with Gasteiger partial charge in [-0.15, -0.1) is 0 Å². The van der Waals surface area contributed by atoms with Crippen LogP contribution in [0.5, 0.6) is 5.75 Å². The standard InChI is InChI=1S/C11H13ClN2O5/c1-13-8(11(15)18-2)6-19-10-5-7(12)3-4-9(10)14(16)17/h3-5,8,13H,6H2,1-2H3. The van der Waals surface area contributed by atoms with Gasteiger partial charge in [-0.1, -0.05) is 11.6 Å². The third-order valence-corrected chi connectivity index (χ3v) is 2.59. The van der Waals surface area contributed by atoms with Crippen LogP contribution in [0.4, 0.5) is 5.69 Å². The first-order chi connectivity index (χ1) is 8.99. The molecule has 7 nitrogen and oxygen atoms in total. The van der Waals surface area contributed by atoms with Crippen molar-refractivity contribution in [1.82, 2.24) is 5.32 Å². The van der Waals surface area contributed by atoms with Crippen LogP contribution in [0.15, 0.2) is 18.2 Å². The van der Waals surface area contributed by atoms with E-state index in [-0.39, 0.29) is 18.0 Å². The fourth-order valence-corrected chi connectivity index (χ4v) is 1.50. The number of likely N-dealkylation sites (N-methyl/N-ethyl adjacent to an activating group) is 1. The number of rotatable bonds is 6. The van der Waals surface area contributed by atoms with Crippen LogP contribution >= 0.6 is 11.6 Å². The summed E-state index contributed by atoms with van der Waals surface area (Å²) >= 11 is 5.75. The van der Waals surface area contributed by atoms with Crippen LogP contribution in [0.2, 0.25) is 5.02 Å². The van der Waals surface area contributed by atoms with E-state index in [9.17, 15) is 14.9 Å². The molecule has 1 aromatic rings. The van der Waals surface area contributed by atoms with Gasteiger partial charge in [-0.05, 0) is 13.1 Å². The van der Waals surface area contributed by atoms with Crippen LogP contribution in [-0.4, -0.2) is 37.7 Å². The molecule has 0 saturated heterocycles. The average molecular weight is 289 g/mol. The van der Waals surface area contributed by atoms with Crippen LogP contribution in [0.3, 0.4) is 0 Å². The molecule has 104 valence electrons. The molecule has 0 saturated carbocycles. The minimum absolute atomic E-state index is 0.00153. The van der Waals surface area contributed by atoms with Crippen molar-refractivity contribution in [2.75, 3.05) is 20.8 Å². The van der Waals surface area contributed by atoms with Gasteiger partial charge >= 0.3 is 11.7 Å². The average Bonchev–Trinajstić information content (AvgIpc) is 2.38. The zero-order chi connectivity index (χ0) is 14.4. The molecular weight excluding hydrogens is 276 g/mol. The third kappa shape index (κ3) is 4.08. The predicted octanol–water partition coefficient (Wildman–Crippen LogP) is 1.39. The maximum absolute atomic E-state index is 11.3. The lowest BCUT2D eigenvalue weighted by molar-refractivity contribution is -0.385. The van der Waals surface area contributed by atoms with Crippen LogP contribution in [0, 0.1) is 10.1 Å². The van der Waals surface area contributed by atoms with E-state index in [0.717, 1.165) is 0 Å². The van der Waals surface area contributed by atoms with E-state index in [2.05, 4.69) is 10.1 Å². The van der Waals surface area contributed by atoms with E-state index in [0.29, 0.717) is 5.02 Å². The van der Waals surface area contributed by atoms with E-state index in [4.69, 9.17) is 16.3 Å². The van der Waals surface area contributed by atoms with Gasteiger partial charge in [-0.3, -0.25) is 14.9 Å². The van der Waals surface area contributed by atoms with Crippen LogP contribution in [0.1, 0.15) is 0 Å². The van der Waals surface area contributed by atoms with Gasteiger partial charge in [0.15, 0.2) is 5.75 Å². The topological polar surface area (TPSA) is 90.7 Å². The van der Waals surface area contributed by atoms with Gasteiger partial charge in [0.05, 0.1) is 12.0 Å². The number of hydrogen-bond acceptors (Lipinski definition) is 6. The van der Waals surface area contributed by atoms with Crippen molar-refractivity contribution in [3.63, 3.8) is 0 Å². The largest absolute Gasteiger partial charge is 0.484 e. The summed E-state index contributed by atoms with van der Waals surface area (Å²) in [6.45, 7) is -0.107. The van der Waals surface area contributed by atoms with Crippen molar-refractivity contribution >= 4 is 23.3 Å². The van der Waals surface area contributed by atoms with Crippen molar-refractivity contribution in [2.45, 2.75) is 6.04 Å². The molecule has 1 unspecified atom stereocenters. The normalized spacial score (nSPS) is 11.7. The highest BCUT2D eigenvalue weighted by Crippen LogP contribution is 2.29. The zero-order valence-corrected chi connectivity index (χ0v) is 11.1. The SMILES string of the molecule is CNC(COc1cc(Cl)ccc1[N+](=O)[O-])C(=O)OC. The van der Waals surface area contributed by atoms with Crippen LogP contribution < -0.4 is 10.1 Å². The number of nitrogens with one attached hydrogen (secondary N) is 1. The fraction of sp³-hybridized carbons (Fsp3) is 0.364. The summed E-state index contributed by atoms with van der Waals surface area (Å²) in [4.78, 5) is 21.6. The maximum Gasteiger partial charge on any atom is 0.326 e. The van der Waals surface area contributed by atoms with Gasteiger partial charge in [0, 0.05) is 17.2 Å². The lowest BCUT2D eigenvalue weighted by Crippen LogP contribution is -2.40. The third-order valence-electron chi connectivity index (χ3n) is 2.36. The first-order valence-corrected chi connectivity index (χ1v) is 5.69. The Labute approximate surface area is 114 Å². The van der Waals surface area contributed by atoms with Gasteiger partial charge in [-0.2, -0.15) is 0 Å². The molecular formula is C11H13ClN2O5. The maximum atomic E-state index is 11.3. The zero-order valence-electron chi connectivity index (χ0n) is 10.4. The molecule has 0 aliphatic heterocycles. The highest BCUT2D eigenvalue weighted by Gasteiger charge is 2.21. The van der Waals surface area contributed by atoms with Gasteiger partial charge < -0.3 is 14.8 Å². The molecule has 0 fully saturated rings. The summed E-state index contributed by atoms with van der Waals surface area (Å²) in [5.41, 5.74) is -0.218. The number of nitrogens with zero attached hydrogens (tertiary/aromatic N) is 1. The van der Waals surface area contributed by atoms with Crippen molar-refractivity contribution < 1.29 is 19.2 Å². The van der Waals surface area contributed by atoms with Gasteiger partial charge in [-0.25, -0.2) is 0 Å². The number of benzene rings is 1. The lowest BCUT2D eigenvalue weighted by atomic mass is 10.3. The molecule has 1 atom stereocenters. The van der Waals surface area contributed by atoms with E-state index in [1.165, 1.54) is 25.3 Å². The van der Waals surface area contributed by atoms with Gasteiger partial charge in [0.2, 0.25) is 0 Å². The molecule has 19 heavy (non-hydrogen) atoms. The number of nitro benzene ring substituents is 1. The summed E-state index contributed by atoms with van der Waals surface area (Å²) in [6.07, 6.45) is 0. The predicted molar refractivity (Wildman–Crippen MR) is 68.5 cm³/mol. The second-order valence-electron chi connectivity index (χ2n) is 3.54. The van der Waals surface area contributed by atoms with Crippen molar-refractivity contribution in [3.8, 4) is 5.75 Å². The van der Waals surface area contributed by atoms with E-state index in [1.807, 2.05) is 0 Å². The second kappa shape index (κ2) is 6.91. The Bertz CT molecular complexity index is 480. The highest BCUT2D eigenvalue weighted by molar-refractivity contribution is 6.30. The highest BCUT2D eigenvalue weighted by atomic mass is 35.5. The Morgan fingerprint density at radius 2 is 2.26 bits per heavy atom. The van der Waals surface area contributed by atoms with Crippen molar-refractivity contribution in [1.29, 1.82) is 0 Å². The van der Waals surface area contributed by atoms with Crippen LogP contribution in [0.25, 0.3) is 0 Å². The number of esters is 1. The molecule has 8 heteroatoms. The first kappa shape index (κ1) is 15.2.